The van der Waals surface area contributed by atoms with E-state index in [0.717, 1.165) is 5.52 Å². The number of nitrogens with zero attached hydrogens (tertiary/aromatic N) is 3. The van der Waals surface area contributed by atoms with Gasteiger partial charge >= 0.3 is 6.03 Å². The lowest BCUT2D eigenvalue weighted by Gasteiger charge is -2.06. The van der Waals surface area contributed by atoms with Crippen LogP contribution in [0.3, 0.4) is 0 Å². The molecular formula is C11H12N6O. The number of benzene rings is 1. The minimum absolute atomic E-state index is 0.305. The van der Waals surface area contributed by atoms with E-state index in [4.69, 9.17) is 16.7 Å². The first-order valence-corrected chi connectivity index (χ1v) is 5.31. The molecule has 0 spiro atoms. The lowest BCUT2D eigenvalue weighted by Crippen LogP contribution is -2.32. The molecule has 0 atom stereocenters. The molecule has 1 aromatic heterocycles. The molecule has 0 bridgehead atoms. The number of nitrogens with two attached hydrogens (primary N) is 2. The minimum Gasteiger partial charge on any atom is -0.369 e. The Morgan fingerprint density at radius 1 is 1.56 bits per heavy atom. The Bertz CT molecular complexity index is 639. The molecule has 0 saturated heterocycles. The van der Waals surface area contributed by atoms with E-state index in [1.807, 2.05) is 6.07 Å². The first-order chi connectivity index (χ1) is 8.63. The number of nitriles is 1. The van der Waals surface area contributed by atoms with E-state index in [1.54, 1.807) is 16.7 Å². The van der Waals surface area contributed by atoms with Gasteiger partial charge < -0.3 is 21.4 Å². The van der Waals surface area contributed by atoms with Gasteiger partial charge in [0.15, 0.2) is 0 Å². The predicted octanol–water partition coefficient (Wildman–Crippen LogP) is 0.158. The summed E-state index contributed by atoms with van der Waals surface area (Å²) < 4.78 is 1.73. The number of primary amides is 1. The quantitative estimate of drug-likeness (QED) is 0.711. The molecule has 1 aromatic carbocycles. The van der Waals surface area contributed by atoms with Gasteiger partial charge in [0.2, 0.25) is 5.95 Å². The number of rotatable bonds is 3. The molecule has 7 nitrogen and oxygen atoms in total. The molecule has 0 aliphatic heterocycles. The van der Waals surface area contributed by atoms with E-state index in [-0.39, 0.29) is 0 Å². The van der Waals surface area contributed by atoms with Crippen LogP contribution in [0, 0.1) is 11.3 Å². The summed E-state index contributed by atoms with van der Waals surface area (Å²) in [7, 11) is 0. The number of hydrogen-bond donors (Lipinski definition) is 3. The molecule has 0 saturated carbocycles. The summed E-state index contributed by atoms with van der Waals surface area (Å²) in [5.74, 6) is 0.305. The highest BCUT2D eigenvalue weighted by Gasteiger charge is 2.10. The molecule has 5 N–H and O–H groups in total. The molecule has 2 rings (SSSR count). The number of hydrogen-bond acceptors (Lipinski definition) is 4. The average Bonchev–Trinajstić information content (AvgIpc) is 2.65. The third-order valence-corrected chi connectivity index (χ3v) is 2.56. The number of nitrogens with one attached hydrogen (secondary N) is 1. The summed E-state index contributed by atoms with van der Waals surface area (Å²) in [5, 5.41) is 11.4. The van der Waals surface area contributed by atoms with Crippen LogP contribution in [0.15, 0.2) is 18.2 Å². The van der Waals surface area contributed by atoms with Gasteiger partial charge in [-0.3, -0.25) is 0 Å². The molecule has 0 radical (unpaired) electrons. The minimum atomic E-state index is -0.587. The van der Waals surface area contributed by atoms with Crippen molar-refractivity contribution in [3.63, 3.8) is 0 Å². The number of amides is 2. The number of para-hydroxylation sites is 1. The van der Waals surface area contributed by atoms with E-state index < -0.39 is 6.03 Å². The highest BCUT2D eigenvalue weighted by molar-refractivity contribution is 5.84. The van der Waals surface area contributed by atoms with Crippen LogP contribution in [-0.4, -0.2) is 22.1 Å². The average molecular weight is 244 g/mol. The third kappa shape index (κ3) is 2.04. The molecule has 0 unspecified atom stereocenters. The topological polar surface area (TPSA) is 123 Å². The first kappa shape index (κ1) is 11.7. The van der Waals surface area contributed by atoms with Crippen LogP contribution in [0.5, 0.6) is 0 Å². The van der Waals surface area contributed by atoms with Crippen molar-refractivity contribution in [3.8, 4) is 6.07 Å². The van der Waals surface area contributed by atoms with Crippen molar-refractivity contribution in [2.75, 3.05) is 12.3 Å². The van der Waals surface area contributed by atoms with Crippen molar-refractivity contribution in [1.29, 1.82) is 5.26 Å². The first-order valence-electron chi connectivity index (χ1n) is 5.31. The molecule has 2 aromatic rings. The Morgan fingerprint density at radius 2 is 2.33 bits per heavy atom. The Kier molecular flexibility index (Phi) is 3.02. The van der Waals surface area contributed by atoms with Gasteiger partial charge in [-0.1, -0.05) is 6.07 Å². The zero-order valence-electron chi connectivity index (χ0n) is 9.55. The number of imidazole rings is 1. The third-order valence-electron chi connectivity index (χ3n) is 2.56. The Balaban J connectivity index is 2.36. The van der Waals surface area contributed by atoms with Crippen LogP contribution in [0.4, 0.5) is 10.7 Å². The lowest BCUT2D eigenvalue weighted by molar-refractivity contribution is 0.248. The van der Waals surface area contributed by atoms with Gasteiger partial charge in [-0.25, -0.2) is 9.78 Å². The molecule has 0 fully saturated rings. The highest BCUT2D eigenvalue weighted by atomic mass is 16.2. The molecule has 7 heteroatoms. The molecule has 1 heterocycles. The van der Waals surface area contributed by atoms with Crippen LogP contribution < -0.4 is 16.8 Å². The normalized spacial score (nSPS) is 10.2. The van der Waals surface area contributed by atoms with Crippen molar-refractivity contribution in [2.45, 2.75) is 6.54 Å². The van der Waals surface area contributed by atoms with Crippen molar-refractivity contribution < 1.29 is 4.79 Å². The SMILES string of the molecule is N#Cc1cccc2c1nc(N)n2CCNC(N)=O. The fourth-order valence-corrected chi connectivity index (χ4v) is 1.78. The molecule has 0 aliphatic carbocycles. The Morgan fingerprint density at radius 3 is 3.00 bits per heavy atom. The zero-order chi connectivity index (χ0) is 13.1. The molecule has 2 amide bonds. The van der Waals surface area contributed by atoms with E-state index in [2.05, 4.69) is 16.4 Å². The Labute approximate surface area is 103 Å². The van der Waals surface area contributed by atoms with Crippen molar-refractivity contribution >= 4 is 23.0 Å². The van der Waals surface area contributed by atoms with Crippen molar-refractivity contribution in [3.05, 3.63) is 23.8 Å². The smallest absolute Gasteiger partial charge is 0.312 e. The van der Waals surface area contributed by atoms with Crippen LogP contribution in [0.2, 0.25) is 0 Å². The van der Waals surface area contributed by atoms with Gasteiger partial charge in [-0.05, 0) is 12.1 Å². The number of nitrogen functional groups attached to an aromatic ring is 1. The molecule has 18 heavy (non-hydrogen) atoms. The van der Waals surface area contributed by atoms with Crippen LogP contribution >= 0.6 is 0 Å². The van der Waals surface area contributed by atoms with Crippen LogP contribution in [-0.2, 0) is 6.54 Å². The van der Waals surface area contributed by atoms with Crippen LogP contribution in [0.1, 0.15) is 5.56 Å². The standard InChI is InChI=1S/C11H12N6O/c12-6-7-2-1-3-8-9(7)16-10(13)17(8)5-4-15-11(14)18/h1-3H,4-5H2,(H2,13,16)(H3,14,15,18). The maximum atomic E-state index is 10.6. The number of aromatic nitrogens is 2. The van der Waals surface area contributed by atoms with Gasteiger partial charge in [0.25, 0.3) is 0 Å². The second kappa shape index (κ2) is 4.63. The fourth-order valence-electron chi connectivity index (χ4n) is 1.78. The van der Waals surface area contributed by atoms with E-state index >= 15 is 0 Å². The second-order valence-corrected chi connectivity index (χ2v) is 3.70. The molecule has 92 valence electrons. The monoisotopic (exact) mass is 244 g/mol. The van der Waals surface area contributed by atoms with Gasteiger partial charge in [0.1, 0.15) is 11.6 Å². The fraction of sp³-hybridized carbons (Fsp3) is 0.182. The van der Waals surface area contributed by atoms with E-state index in [0.29, 0.717) is 30.1 Å². The van der Waals surface area contributed by atoms with E-state index in [9.17, 15) is 4.79 Å². The maximum absolute atomic E-state index is 10.6. The van der Waals surface area contributed by atoms with E-state index in [1.165, 1.54) is 0 Å². The number of fused-ring (bicyclic) bond motifs is 1. The molecular weight excluding hydrogens is 232 g/mol. The maximum Gasteiger partial charge on any atom is 0.312 e. The molecule has 0 aliphatic rings. The summed E-state index contributed by atoms with van der Waals surface area (Å²) in [6.07, 6.45) is 0. The van der Waals surface area contributed by atoms with Crippen LogP contribution in [0.25, 0.3) is 11.0 Å². The second-order valence-electron chi connectivity index (χ2n) is 3.70. The van der Waals surface area contributed by atoms with Gasteiger partial charge in [-0.2, -0.15) is 5.26 Å². The highest BCUT2D eigenvalue weighted by Crippen LogP contribution is 2.20. The van der Waals surface area contributed by atoms with Gasteiger partial charge in [0.05, 0.1) is 11.1 Å². The summed E-state index contributed by atoms with van der Waals surface area (Å²) in [5.41, 5.74) is 12.6. The summed E-state index contributed by atoms with van der Waals surface area (Å²) in [6.45, 7) is 0.794. The number of carbonyl (C=O) groups excluding carboxylic acids is 1. The summed E-state index contributed by atoms with van der Waals surface area (Å²) in [6, 6.07) is 6.74. The number of urea groups is 1. The summed E-state index contributed by atoms with van der Waals surface area (Å²) in [4.78, 5) is 14.7. The van der Waals surface area contributed by atoms with Crippen molar-refractivity contribution in [1.82, 2.24) is 14.9 Å². The summed E-state index contributed by atoms with van der Waals surface area (Å²) >= 11 is 0. The Hall–Kier alpha value is -2.75. The van der Waals surface area contributed by atoms with Crippen molar-refractivity contribution in [2.24, 2.45) is 5.73 Å². The number of anilines is 1. The van der Waals surface area contributed by atoms with Gasteiger partial charge in [-0.15, -0.1) is 0 Å². The zero-order valence-corrected chi connectivity index (χ0v) is 9.55. The predicted molar refractivity (Wildman–Crippen MR) is 66.4 cm³/mol. The largest absolute Gasteiger partial charge is 0.369 e. The number of carbonyl (C=O) groups is 1. The lowest BCUT2D eigenvalue weighted by atomic mass is 10.2. The van der Waals surface area contributed by atoms with Gasteiger partial charge in [0, 0.05) is 13.1 Å².